The number of rotatable bonds is 5. The van der Waals surface area contributed by atoms with Gasteiger partial charge < -0.3 is 9.90 Å². The first-order chi connectivity index (χ1) is 11.8. The second kappa shape index (κ2) is 8.18. The summed E-state index contributed by atoms with van der Waals surface area (Å²) in [6.07, 6.45) is 0.934. The van der Waals surface area contributed by atoms with Gasteiger partial charge in [0, 0.05) is 5.39 Å². The van der Waals surface area contributed by atoms with Crippen molar-refractivity contribution in [3.8, 4) is 5.69 Å². The number of carbonyl (C=O) groups is 1. The second-order valence-electron chi connectivity index (χ2n) is 6.13. The minimum Gasteiger partial charge on any atom is -0.549 e. The van der Waals surface area contributed by atoms with Gasteiger partial charge in [0.15, 0.2) is 5.16 Å². The number of carboxylic acid groups (broad SMARTS) is 1. The average molecular weight is 426 g/mol. The van der Waals surface area contributed by atoms with Crippen molar-refractivity contribution in [2.45, 2.75) is 37.1 Å². The van der Waals surface area contributed by atoms with E-state index < -0.39 is 10.7 Å². The molecule has 3 aromatic rings. The zero-order chi connectivity index (χ0) is 18.2. The number of nitrogens with zero attached hydrogens (tertiary/aromatic N) is 3. The largest absolute Gasteiger partial charge is 1.00 e. The summed E-state index contributed by atoms with van der Waals surface area (Å²) in [7, 11) is 0. The number of fused-ring (bicyclic) bond motifs is 1. The van der Waals surface area contributed by atoms with E-state index in [2.05, 4.69) is 51.3 Å². The molecule has 0 atom stereocenters. The fourth-order valence-corrected chi connectivity index (χ4v) is 4.09. The molecule has 0 saturated carbocycles. The predicted molar refractivity (Wildman–Crippen MR) is 101 cm³/mol. The van der Waals surface area contributed by atoms with Crippen molar-refractivity contribution >= 4 is 44.4 Å². The molecule has 2 aromatic carbocycles. The normalized spacial score (nSPS) is 11.4. The predicted octanol–water partition coefficient (Wildman–Crippen LogP) is 0.370. The monoisotopic (exact) mass is 425 g/mol. The van der Waals surface area contributed by atoms with Gasteiger partial charge in [-0.1, -0.05) is 49.0 Å². The third-order valence-corrected chi connectivity index (χ3v) is 5.68. The number of aryl methyl sites for hydroxylation is 1. The molecule has 26 heavy (non-hydrogen) atoms. The van der Waals surface area contributed by atoms with Crippen LogP contribution in [0.25, 0.3) is 16.5 Å². The van der Waals surface area contributed by atoms with Gasteiger partial charge in [0.1, 0.15) is 0 Å². The first-order valence-corrected chi connectivity index (χ1v) is 9.48. The van der Waals surface area contributed by atoms with E-state index in [9.17, 15) is 9.90 Å². The smallest absolute Gasteiger partial charge is 0.549 e. The van der Waals surface area contributed by atoms with Gasteiger partial charge in [-0.25, -0.2) is 0 Å². The molecule has 0 saturated heterocycles. The zero-order valence-corrected chi connectivity index (χ0v) is 17.5. The third kappa shape index (κ3) is 3.86. The van der Waals surface area contributed by atoms with Crippen molar-refractivity contribution in [2.24, 2.45) is 0 Å². The molecule has 3 rings (SSSR count). The summed E-state index contributed by atoms with van der Waals surface area (Å²) >= 11 is 4.54. The van der Waals surface area contributed by atoms with E-state index in [0.29, 0.717) is 9.89 Å². The van der Waals surface area contributed by atoms with Crippen LogP contribution in [-0.2, 0) is 11.2 Å². The van der Waals surface area contributed by atoms with E-state index >= 15 is 0 Å². The standard InChI is InChI=1S/C18H18BrN3O2S.Li/c1-4-11-9-10-14(13-8-6-5-7-12(11)13)22-16(19)20-21-17(22)25-18(2,3)15(23)24;/h5-10H,4H2,1-3H3,(H,23,24);/q;+1/p-1. The molecule has 0 unspecified atom stereocenters. The Labute approximate surface area is 176 Å². The minimum atomic E-state index is -1.14. The molecule has 0 bridgehead atoms. The Morgan fingerprint density at radius 1 is 1.19 bits per heavy atom. The van der Waals surface area contributed by atoms with Gasteiger partial charge in [-0.15, -0.1) is 10.2 Å². The van der Waals surface area contributed by atoms with E-state index in [1.54, 1.807) is 13.8 Å². The van der Waals surface area contributed by atoms with Crippen LogP contribution in [0.2, 0.25) is 0 Å². The number of halogens is 1. The molecule has 8 heteroatoms. The maximum atomic E-state index is 11.4. The van der Waals surface area contributed by atoms with Crippen molar-refractivity contribution in [3.63, 3.8) is 0 Å². The second-order valence-corrected chi connectivity index (χ2v) is 8.43. The van der Waals surface area contributed by atoms with Crippen LogP contribution in [0.15, 0.2) is 46.3 Å². The van der Waals surface area contributed by atoms with Crippen LogP contribution < -0.4 is 24.0 Å². The van der Waals surface area contributed by atoms with Gasteiger partial charge in [0.25, 0.3) is 0 Å². The Morgan fingerprint density at radius 3 is 2.46 bits per heavy atom. The van der Waals surface area contributed by atoms with Crippen LogP contribution in [0.4, 0.5) is 0 Å². The third-order valence-electron chi connectivity index (χ3n) is 4.05. The van der Waals surface area contributed by atoms with Gasteiger partial charge in [-0.2, -0.15) is 0 Å². The molecule has 1 aromatic heterocycles. The summed E-state index contributed by atoms with van der Waals surface area (Å²) in [6, 6.07) is 12.2. The van der Waals surface area contributed by atoms with E-state index in [-0.39, 0.29) is 18.9 Å². The van der Waals surface area contributed by atoms with E-state index in [1.165, 1.54) is 10.9 Å². The average Bonchev–Trinajstić information content (AvgIpc) is 2.93. The number of carboxylic acids is 1. The number of thioether (sulfide) groups is 1. The van der Waals surface area contributed by atoms with Crippen LogP contribution in [-0.4, -0.2) is 25.5 Å². The molecule has 130 valence electrons. The maximum Gasteiger partial charge on any atom is 1.00 e. The minimum absolute atomic E-state index is 0. The summed E-state index contributed by atoms with van der Waals surface area (Å²) in [6.45, 7) is 5.32. The number of aliphatic carboxylic acids is 1. The van der Waals surface area contributed by atoms with Crippen molar-refractivity contribution in [2.75, 3.05) is 0 Å². The van der Waals surface area contributed by atoms with Crippen molar-refractivity contribution in [3.05, 3.63) is 46.7 Å². The van der Waals surface area contributed by atoms with Crippen molar-refractivity contribution in [1.29, 1.82) is 0 Å². The van der Waals surface area contributed by atoms with Crippen molar-refractivity contribution < 1.29 is 28.8 Å². The van der Waals surface area contributed by atoms with Gasteiger partial charge in [0.2, 0.25) is 4.73 Å². The molecule has 5 nitrogen and oxygen atoms in total. The van der Waals surface area contributed by atoms with Crippen LogP contribution in [0.3, 0.4) is 0 Å². The summed E-state index contributed by atoms with van der Waals surface area (Å²) in [5.74, 6) is -1.14. The molecule has 0 N–H and O–H groups in total. The molecule has 0 amide bonds. The summed E-state index contributed by atoms with van der Waals surface area (Å²) < 4.78 is 1.24. The number of benzene rings is 2. The number of carbonyl (C=O) groups excluding carboxylic acids is 1. The quantitative estimate of drug-likeness (QED) is 0.436. The molecule has 0 aliphatic carbocycles. The van der Waals surface area contributed by atoms with Gasteiger partial charge in [-0.3, -0.25) is 4.57 Å². The van der Waals surface area contributed by atoms with E-state index in [1.807, 2.05) is 22.8 Å². The first kappa shape index (κ1) is 21.0. The number of hydrogen-bond acceptors (Lipinski definition) is 5. The van der Waals surface area contributed by atoms with Gasteiger partial charge in [0.05, 0.1) is 16.4 Å². The zero-order valence-electron chi connectivity index (χ0n) is 15.1. The van der Waals surface area contributed by atoms with Crippen LogP contribution >= 0.6 is 27.7 Å². The molecule has 0 spiro atoms. The maximum absolute atomic E-state index is 11.4. The Balaban J connectivity index is 0.00000243. The van der Waals surface area contributed by atoms with Crippen molar-refractivity contribution in [1.82, 2.24) is 14.8 Å². The summed E-state index contributed by atoms with van der Waals surface area (Å²) in [4.78, 5) is 11.4. The molecule has 0 fully saturated rings. The van der Waals surface area contributed by atoms with Crippen LogP contribution in [0.1, 0.15) is 26.3 Å². The van der Waals surface area contributed by atoms with Gasteiger partial charge in [-0.05, 0) is 53.2 Å². The van der Waals surface area contributed by atoms with Crippen LogP contribution in [0.5, 0.6) is 0 Å². The number of aromatic nitrogens is 3. The molecule has 1 heterocycles. The Kier molecular flexibility index (Phi) is 6.62. The fraction of sp³-hybridized carbons (Fsp3) is 0.278. The molecular weight excluding hydrogens is 409 g/mol. The Hall–Kier alpha value is -1.26. The van der Waals surface area contributed by atoms with E-state index in [0.717, 1.165) is 29.3 Å². The van der Waals surface area contributed by atoms with E-state index in [4.69, 9.17) is 0 Å². The van der Waals surface area contributed by atoms with Crippen LogP contribution in [0, 0.1) is 0 Å². The molecule has 0 aliphatic rings. The Bertz CT molecular complexity index is 959. The van der Waals surface area contributed by atoms with Gasteiger partial charge >= 0.3 is 18.9 Å². The fourth-order valence-electron chi connectivity index (χ4n) is 2.64. The molecule has 0 radical (unpaired) electrons. The Morgan fingerprint density at radius 2 is 1.85 bits per heavy atom. The summed E-state index contributed by atoms with van der Waals surface area (Å²) in [5.41, 5.74) is 2.16. The topological polar surface area (TPSA) is 70.8 Å². The number of hydrogen-bond donors (Lipinski definition) is 0. The first-order valence-electron chi connectivity index (χ1n) is 7.87. The summed E-state index contributed by atoms with van der Waals surface area (Å²) in [5, 5.41) is 22.3. The molecule has 0 aliphatic heterocycles. The SMILES string of the molecule is CCc1ccc(-n2c(Br)nnc2SC(C)(C)C(=O)[O-])c2ccccc12.[Li+]. The molecular formula is C18H17BrLiN3O2S.